The predicted octanol–water partition coefficient (Wildman–Crippen LogP) is 0.00980. The van der Waals surface area contributed by atoms with Crippen molar-refractivity contribution in [1.29, 1.82) is 0 Å². The highest BCUT2D eigenvalue weighted by Crippen LogP contribution is 2.28. The molecule has 9 nitrogen and oxygen atoms in total. The number of methoxy groups -OCH3 is 2. The molecule has 0 radical (unpaired) electrons. The molecule has 1 saturated heterocycles. The fraction of sp³-hybridized carbons (Fsp3) is 0.500. The maximum Gasteiger partial charge on any atom is 0.309 e. The van der Waals surface area contributed by atoms with E-state index in [1.165, 1.54) is 26.4 Å². The summed E-state index contributed by atoms with van der Waals surface area (Å²) in [6, 6.07) is 4.27. The van der Waals surface area contributed by atoms with Crippen LogP contribution in [0.25, 0.3) is 0 Å². The van der Waals surface area contributed by atoms with Crippen molar-refractivity contribution < 1.29 is 28.9 Å². The SMILES string of the molecule is COC(=O)C1CC[NH+](CC(=O)Nc2ccc(OC)cc2[N+](=O)[O-])CC1. The van der Waals surface area contributed by atoms with E-state index in [-0.39, 0.29) is 35.7 Å². The average Bonchev–Trinajstić information content (AvgIpc) is 2.61. The standard InChI is InChI=1S/C16H21N3O6/c1-24-12-3-4-13(14(9-12)19(22)23)17-15(20)10-18-7-5-11(6-8-18)16(21)25-2/h3-4,9,11H,5-8,10H2,1-2H3,(H,17,20)/p+1. The third kappa shape index (κ3) is 4.90. The second-order valence-electron chi connectivity index (χ2n) is 5.91. The number of ether oxygens (including phenoxy) is 2. The number of rotatable bonds is 6. The van der Waals surface area contributed by atoms with Crippen LogP contribution in [0.15, 0.2) is 18.2 Å². The molecule has 0 spiro atoms. The van der Waals surface area contributed by atoms with Gasteiger partial charge in [0.15, 0.2) is 6.54 Å². The zero-order valence-electron chi connectivity index (χ0n) is 14.2. The smallest absolute Gasteiger partial charge is 0.309 e. The second-order valence-corrected chi connectivity index (χ2v) is 5.91. The first-order valence-electron chi connectivity index (χ1n) is 7.98. The lowest BCUT2D eigenvalue weighted by Crippen LogP contribution is -3.14. The molecule has 1 aromatic carbocycles. The number of carbonyl (C=O) groups excluding carboxylic acids is 2. The summed E-state index contributed by atoms with van der Waals surface area (Å²) in [6.45, 7) is 1.55. The number of nitrogens with zero attached hydrogens (tertiary/aromatic N) is 1. The molecule has 25 heavy (non-hydrogen) atoms. The maximum absolute atomic E-state index is 12.2. The van der Waals surface area contributed by atoms with Gasteiger partial charge in [-0.3, -0.25) is 19.7 Å². The summed E-state index contributed by atoms with van der Waals surface area (Å²) in [7, 11) is 2.79. The van der Waals surface area contributed by atoms with Gasteiger partial charge in [-0.1, -0.05) is 0 Å². The van der Waals surface area contributed by atoms with Gasteiger partial charge in [-0.2, -0.15) is 0 Å². The van der Waals surface area contributed by atoms with E-state index in [9.17, 15) is 19.7 Å². The number of nitro groups is 1. The highest BCUT2D eigenvalue weighted by molar-refractivity contribution is 5.93. The molecule has 0 aromatic heterocycles. The summed E-state index contributed by atoms with van der Waals surface area (Å²) in [5, 5.41) is 13.7. The zero-order valence-corrected chi connectivity index (χ0v) is 14.2. The van der Waals surface area contributed by atoms with Gasteiger partial charge < -0.3 is 19.7 Å². The topological polar surface area (TPSA) is 112 Å². The van der Waals surface area contributed by atoms with Gasteiger partial charge in [0, 0.05) is 12.8 Å². The van der Waals surface area contributed by atoms with Gasteiger partial charge in [-0.25, -0.2) is 0 Å². The number of hydrogen-bond acceptors (Lipinski definition) is 6. The first-order chi connectivity index (χ1) is 11.9. The number of amides is 1. The number of nitrogens with one attached hydrogen (secondary N) is 2. The van der Waals surface area contributed by atoms with E-state index in [2.05, 4.69) is 5.32 Å². The Morgan fingerprint density at radius 2 is 2.00 bits per heavy atom. The summed E-state index contributed by atoms with van der Waals surface area (Å²) in [4.78, 5) is 35.3. The van der Waals surface area contributed by atoms with E-state index in [1.54, 1.807) is 6.07 Å². The first-order valence-corrected chi connectivity index (χ1v) is 7.98. The molecule has 0 aliphatic carbocycles. The minimum Gasteiger partial charge on any atom is -0.496 e. The highest BCUT2D eigenvalue weighted by atomic mass is 16.6. The van der Waals surface area contributed by atoms with Crippen molar-refractivity contribution in [2.24, 2.45) is 5.92 Å². The molecule has 136 valence electrons. The zero-order chi connectivity index (χ0) is 18.4. The van der Waals surface area contributed by atoms with Crippen molar-refractivity contribution in [3.8, 4) is 5.75 Å². The molecular formula is C16H22N3O6+. The lowest BCUT2D eigenvalue weighted by molar-refractivity contribution is -0.897. The Morgan fingerprint density at radius 1 is 1.32 bits per heavy atom. The van der Waals surface area contributed by atoms with Crippen LogP contribution in [0.2, 0.25) is 0 Å². The quantitative estimate of drug-likeness (QED) is 0.424. The number of nitro benzene ring substituents is 1. The number of quaternary nitrogens is 1. The summed E-state index contributed by atoms with van der Waals surface area (Å²) in [5.41, 5.74) is -0.0771. The Labute approximate surface area is 145 Å². The minimum absolute atomic E-state index is 0.112. The van der Waals surface area contributed by atoms with Crippen LogP contribution in [0.5, 0.6) is 5.75 Å². The number of hydrogen-bond donors (Lipinski definition) is 2. The average molecular weight is 352 g/mol. The van der Waals surface area contributed by atoms with Gasteiger partial charge in [0.2, 0.25) is 0 Å². The highest BCUT2D eigenvalue weighted by Gasteiger charge is 2.29. The molecule has 0 unspecified atom stereocenters. The molecular weight excluding hydrogens is 330 g/mol. The molecule has 1 aromatic rings. The van der Waals surface area contributed by atoms with Gasteiger partial charge in [0.05, 0.1) is 44.2 Å². The summed E-state index contributed by atoms with van der Waals surface area (Å²) >= 11 is 0. The fourth-order valence-electron chi connectivity index (χ4n) is 2.92. The van der Waals surface area contributed by atoms with Crippen molar-refractivity contribution in [2.75, 3.05) is 39.2 Å². The lowest BCUT2D eigenvalue weighted by Gasteiger charge is -2.27. The number of benzene rings is 1. The monoisotopic (exact) mass is 352 g/mol. The predicted molar refractivity (Wildman–Crippen MR) is 88.6 cm³/mol. The van der Waals surface area contributed by atoms with Crippen LogP contribution in [-0.4, -0.2) is 50.7 Å². The van der Waals surface area contributed by atoms with Crippen molar-refractivity contribution in [3.63, 3.8) is 0 Å². The van der Waals surface area contributed by atoms with Gasteiger partial charge in [0.1, 0.15) is 11.4 Å². The van der Waals surface area contributed by atoms with Gasteiger partial charge in [-0.05, 0) is 12.1 Å². The fourth-order valence-corrected chi connectivity index (χ4v) is 2.92. The van der Waals surface area contributed by atoms with Crippen LogP contribution in [0.4, 0.5) is 11.4 Å². The third-order valence-electron chi connectivity index (χ3n) is 4.31. The van der Waals surface area contributed by atoms with Crippen molar-refractivity contribution >= 4 is 23.3 Å². The lowest BCUT2D eigenvalue weighted by atomic mass is 9.97. The third-order valence-corrected chi connectivity index (χ3v) is 4.31. The van der Waals surface area contributed by atoms with Crippen molar-refractivity contribution in [1.82, 2.24) is 0 Å². The molecule has 1 fully saturated rings. The van der Waals surface area contributed by atoms with Crippen LogP contribution in [0.3, 0.4) is 0 Å². The Morgan fingerprint density at radius 3 is 2.56 bits per heavy atom. The van der Waals surface area contributed by atoms with E-state index in [0.717, 1.165) is 4.90 Å². The minimum atomic E-state index is -0.563. The van der Waals surface area contributed by atoms with E-state index in [4.69, 9.17) is 9.47 Å². The van der Waals surface area contributed by atoms with E-state index >= 15 is 0 Å². The number of piperidine rings is 1. The van der Waals surface area contributed by atoms with E-state index < -0.39 is 4.92 Å². The Kier molecular flexibility index (Phi) is 6.29. The summed E-state index contributed by atoms with van der Waals surface area (Å²) in [6.07, 6.45) is 1.33. The number of anilines is 1. The van der Waals surface area contributed by atoms with Crippen LogP contribution >= 0.6 is 0 Å². The molecule has 2 N–H and O–H groups in total. The second kappa shape index (κ2) is 8.43. The number of carbonyl (C=O) groups is 2. The molecule has 1 aliphatic heterocycles. The molecule has 0 bridgehead atoms. The van der Waals surface area contributed by atoms with Crippen LogP contribution in [-0.2, 0) is 14.3 Å². The summed E-state index contributed by atoms with van der Waals surface area (Å²) < 4.78 is 9.70. The van der Waals surface area contributed by atoms with E-state index in [1.807, 2.05) is 0 Å². The van der Waals surface area contributed by atoms with Gasteiger partial charge >= 0.3 is 5.97 Å². The summed E-state index contributed by atoms with van der Waals surface area (Å²) in [5.74, 6) is -0.281. The van der Waals surface area contributed by atoms with Gasteiger partial charge in [-0.15, -0.1) is 0 Å². The molecule has 2 rings (SSSR count). The molecule has 1 heterocycles. The molecule has 1 amide bonds. The molecule has 0 atom stereocenters. The maximum atomic E-state index is 12.2. The van der Waals surface area contributed by atoms with Crippen LogP contribution in [0.1, 0.15) is 12.8 Å². The van der Waals surface area contributed by atoms with Crippen LogP contribution < -0.4 is 15.0 Å². The molecule has 1 aliphatic rings. The van der Waals surface area contributed by atoms with Gasteiger partial charge in [0.25, 0.3) is 11.6 Å². The number of esters is 1. The Hall–Kier alpha value is -2.68. The molecule has 0 saturated carbocycles. The molecule has 9 heteroatoms. The van der Waals surface area contributed by atoms with Crippen molar-refractivity contribution in [3.05, 3.63) is 28.3 Å². The normalized spacial score (nSPS) is 19.8. The van der Waals surface area contributed by atoms with Crippen molar-refractivity contribution in [2.45, 2.75) is 12.8 Å². The van der Waals surface area contributed by atoms with Crippen LogP contribution in [0, 0.1) is 16.0 Å². The largest absolute Gasteiger partial charge is 0.496 e. The van der Waals surface area contributed by atoms with E-state index in [0.29, 0.717) is 31.7 Å². The first kappa shape index (κ1) is 18.7. The number of likely N-dealkylation sites (tertiary alicyclic amines) is 1. The Balaban J connectivity index is 1.93. The Bertz CT molecular complexity index is 655.